The lowest BCUT2D eigenvalue weighted by atomic mass is 9.99. The first-order chi connectivity index (χ1) is 54.4. The van der Waals surface area contributed by atoms with Crippen molar-refractivity contribution in [3.8, 4) is 5.75 Å². The number of nitrogens with zero attached hydrogens (tertiary/aromatic N) is 1. The van der Waals surface area contributed by atoms with Gasteiger partial charge in [0.25, 0.3) is 0 Å². The Morgan fingerprint density at radius 1 is 0.456 bits per heavy atom. The Morgan fingerprint density at radius 2 is 0.877 bits per heavy atom. The number of aromatic hydroxyl groups is 1. The number of unbranched alkanes of at least 4 members (excludes halogenated alkanes) is 1. The number of carbonyl (C=O) groups excluding carboxylic acids is 12. The molecule has 0 aromatic heterocycles. The van der Waals surface area contributed by atoms with E-state index in [1.807, 2.05) is 61.5 Å². The van der Waals surface area contributed by atoms with Gasteiger partial charge in [-0.25, -0.2) is 0 Å². The smallest absolute Gasteiger partial charge is 0.305 e. The molecule has 10 atom stereocenters. The Labute approximate surface area is 659 Å². The average Bonchev–Trinajstić information content (AvgIpc) is 1.46. The molecule has 1 aliphatic rings. The van der Waals surface area contributed by atoms with Gasteiger partial charge in [0, 0.05) is 38.9 Å². The molecule has 0 bridgehead atoms. The number of fused-ring (bicyclic) bond motifs is 2. The maximum Gasteiger partial charge on any atom is 0.305 e. The first-order valence-corrected chi connectivity index (χ1v) is 37.9. The standard InChI is InChI=1S/C80H105N19O15/c1-4-5-22-57(93-78(114)68(46(2)3)98-69(105)56(81)39-48-28-32-55(100)33-29-48)70(106)90-45-66(102)99-36-15-25-64(99)77(113)97-62(42-50-27-31-52-19-10-12-21-54(52)38-50)74(110)91-59(24-14-35-88-80(85)86)73(109)95-61(41-49-26-30-51-18-9-11-20-53(51)37-49)75(111)96-63(43-67(103)104)76(112)92-58(23-13-34-87-79(83)84)72(108)94-60(71(107)89-44-65(82)101)40-47-16-7-6-8-17-47/h6-12,16-21,26-33,37-38,46,56-64,68,100H,4-5,13-15,22-25,34-36,39-45,81H2,1-3H3,(H2,82,101)(H,89,107)(H,90,106)(H,91,110)(H,92,112)(H,93,114)(H,94,108)(H,95,109)(H,96,111)(H,97,113)(H,98,105)(H,103,104)(H4,83,84,87)(H4,85,86,88)/t56-,57-,58-,59-,60-,61+,62+,63-,64-,68-/m0/s1. The van der Waals surface area contributed by atoms with Gasteiger partial charge in [0.1, 0.15) is 60.1 Å². The van der Waals surface area contributed by atoms with E-state index in [2.05, 4.69) is 63.8 Å². The Morgan fingerprint density at radius 3 is 1.39 bits per heavy atom. The first-order valence-electron chi connectivity index (χ1n) is 37.9. The van der Waals surface area contributed by atoms with Gasteiger partial charge in [-0.05, 0) is 113 Å². The lowest BCUT2D eigenvalue weighted by Crippen LogP contribution is -2.61. The maximum atomic E-state index is 15.3. The largest absolute Gasteiger partial charge is 0.508 e. The number of guanidine groups is 2. The number of aliphatic carboxylic acids is 1. The molecule has 34 heteroatoms. The minimum absolute atomic E-state index is 0.0000977. The summed E-state index contributed by atoms with van der Waals surface area (Å²) >= 11 is 0. The normalized spacial score (nSPS) is 14.8. The summed E-state index contributed by atoms with van der Waals surface area (Å²) in [5, 5.41) is 70.2. The second-order valence-corrected chi connectivity index (χ2v) is 28.4. The van der Waals surface area contributed by atoms with Crippen LogP contribution in [0.25, 0.3) is 21.5 Å². The minimum Gasteiger partial charge on any atom is -0.508 e. The molecule has 0 radical (unpaired) electrons. The van der Waals surface area contributed by atoms with Crippen LogP contribution in [0.15, 0.2) is 140 Å². The van der Waals surface area contributed by atoms with Crippen molar-refractivity contribution in [2.75, 3.05) is 32.7 Å². The van der Waals surface area contributed by atoms with Gasteiger partial charge in [0.05, 0.1) is 25.6 Å². The molecule has 7 rings (SSSR count). The highest BCUT2D eigenvalue weighted by atomic mass is 16.4. The molecule has 610 valence electrons. The molecule has 0 aliphatic carbocycles. The van der Waals surface area contributed by atoms with Crippen molar-refractivity contribution in [3.05, 3.63) is 162 Å². The van der Waals surface area contributed by atoms with E-state index in [1.54, 1.807) is 86.6 Å². The topological polar surface area (TPSA) is 562 Å². The number of hydrogen-bond donors (Lipinski definition) is 20. The summed E-state index contributed by atoms with van der Waals surface area (Å²) < 4.78 is 0. The van der Waals surface area contributed by atoms with E-state index in [0.717, 1.165) is 21.5 Å². The predicted molar refractivity (Wildman–Crippen MR) is 426 cm³/mol. The highest BCUT2D eigenvalue weighted by molar-refractivity contribution is 6.00. The quantitative estimate of drug-likeness (QED) is 0.0133. The van der Waals surface area contributed by atoms with Gasteiger partial charge in [0.2, 0.25) is 70.9 Å². The third-order valence-corrected chi connectivity index (χ3v) is 19.1. The molecule has 0 unspecified atom stereocenters. The summed E-state index contributed by atoms with van der Waals surface area (Å²) in [4.78, 5) is 184. The van der Waals surface area contributed by atoms with Crippen LogP contribution < -0.4 is 86.7 Å². The van der Waals surface area contributed by atoms with E-state index in [1.165, 1.54) is 17.0 Å². The molecule has 1 aliphatic heterocycles. The SMILES string of the molecule is CCCC[C@H](NC(=O)[C@@H](NC(=O)[C@@H](N)Cc1ccc(O)cc1)C(C)C)C(=O)NCC(=O)N1CCC[C@H]1C(=O)N[C@H](Cc1ccc2ccccc2c1)C(=O)N[C@@H](CCCNC(=N)N)C(=O)N[C@H](Cc1ccc2ccccc2c1)C(=O)N[C@@H](CC(=O)O)C(=O)N[C@@H](CCCNC(=N)N)C(=O)N[C@@H](Cc1ccccc1)C(=O)NCC(N)=O. The van der Waals surface area contributed by atoms with Gasteiger partial charge in [-0.15, -0.1) is 0 Å². The van der Waals surface area contributed by atoms with Gasteiger partial charge in [-0.1, -0.05) is 161 Å². The van der Waals surface area contributed by atoms with Crippen LogP contribution in [0.3, 0.4) is 0 Å². The summed E-state index contributed by atoms with van der Waals surface area (Å²) in [6.07, 6.45) is -0.174. The van der Waals surface area contributed by atoms with E-state index < -0.39 is 175 Å². The molecule has 6 aromatic rings. The lowest BCUT2D eigenvalue weighted by Gasteiger charge is -2.29. The predicted octanol–water partition coefficient (Wildman–Crippen LogP) is -0.269. The zero-order valence-electron chi connectivity index (χ0n) is 64.0. The molecule has 6 aromatic carbocycles. The summed E-state index contributed by atoms with van der Waals surface area (Å²) in [6.45, 7) is 4.19. The van der Waals surface area contributed by atoms with Gasteiger partial charge < -0.3 is 102 Å². The molecule has 1 saturated heterocycles. The molecule has 0 saturated carbocycles. The molecule has 34 nitrogen and oxygen atoms in total. The first kappa shape index (κ1) is 88.5. The Balaban J connectivity index is 1.13. The van der Waals surface area contributed by atoms with Crippen molar-refractivity contribution < 1.29 is 72.5 Å². The molecule has 12 amide bonds. The summed E-state index contributed by atoms with van der Waals surface area (Å²) in [7, 11) is 0. The van der Waals surface area contributed by atoms with Crippen LogP contribution in [-0.4, -0.2) is 197 Å². The van der Waals surface area contributed by atoms with Crippen molar-refractivity contribution in [2.45, 2.75) is 171 Å². The summed E-state index contributed by atoms with van der Waals surface area (Å²) in [5.41, 5.74) is 25.0. The number of amides is 12. The number of hydrogen-bond acceptors (Lipinski definition) is 17. The average molecular weight is 1570 g/mol. The number of primary amides is 1. The van der Waals surface area contributed by atoms with Crippen LogP contribution in [0, 0.1) is 16.7 Å². The monoisotopic (exact) mass is 1570 g/mol. The Kier molecular flexibility index (Phi) is 34.4. The van der Waals surface area contributed by atoms with Crippen LogP contribution >= 0.6 is 0 Å². The molecule has 114 heavy (non-hydrogen) atoms. The minimum atomic E-state index is -1.97. The molecular weight excluding hydrogens is 1470 g/mol. The number of carboxylic acids is 1. The number of carboxylic acid groups (broad SMARTS) is 1. The van der Waals surface area contributed by atoms with Crippen molar-refractivity contribution in [1.82, 2.24) is 68.7 Å². The summed E-state index contributed by atoms with van der Waals surface area (Å²) in [5.74, 6) is -13.1. The third-order valence-electron chi connectivity index (χ3n) is 19.1. The van der Waals surface area contributed by atoms with E-state index in [0.29, 0.717) is 41.5 Å². The number of likely N-dealkylation sites (tertiary alicyclic amines) is 1. The van der Waals surface area contributed by atoms with Crippen LogP contribution in [0.1, 0.15) is 107 Å². The highest BCUT2D eigenvalue weighted by Crippen LogP contribution is 2.23. The lowest BCUT2D eigenvalue weighted by molar-refractivity contribution is -0.141. The highest BCUT2D eigenvalue weighted by Gasteiger charge is 2.39. The molecule has 1 heterocycles. The Bertz CT molecular complexity index is 4400. The number of nitrogens with one attached hydrogen (secondary N) is 14. The molecule has 24 N–H and O–H groups in total. The van der Waals surface area contributed by atoms with Crippen LogP contribution in [0.5, 0.6) is 5.75 Å². The zero-order valence-corrected chi connectivity index (χ0v) is 64.0. The van der Waals surface area contributed by atoms with Crippen LogP contribution in [0.4, 0.5) is 0 Å². The second kappa shape index (κ2) is 44.3. The summed E-state index contributed by atoms with van der Waals surface area (Å²) in [6, 6.07) is 25.7. The number of benzene rings is 6. The maximum absolute atomic E-state index is 15.3. The van der Waals surface area contributed by atoms with Crippen LogP contribution in [-0.2, 0) is 88.0 Å². The van der Waals surface area contributed by atoms with E-state index in [9.17, 15) is 58.2 Å². The van der Waals surface area contributed by atoms with Crippen molar-refractivity contribution in [2.24, 2.45) is 28.9 Å². The van der Waals surface area contributed by atoms with Crippen LogP contribution in [0.2, 0.25) is 0 Å². The van der Waals surface area contributed by atoms with E-state index in [4.69, 9.17) is 33.8 Å². The van der Waals surface area contributed by atoms with Crippen molar-refractivity contribution >= 4 is 110 Å². The number of phenolic OH excluding ortho intramolecular Hbond substituents is 1. The Hall–Kier alpha value is -12.8. The number of phenols is 1. The third kappa shape index (κ3) is 28.5. The molecule has 1 fully saturated rings. The fourth-order valence-corrected chi connectivity index (χ4v) is 13.0. The number of carbonyl (C=O) groups is 13. The fraction of sp³-hybridized carbons (Fsp3) is 0.412. The van der Waals surface area contributed by atoms with E-state index >= 15 is 14.4 Å². The fourth-order valence-electron chi connectivity index (χ4n) is 13.0. The van der Waals surface area contributed by atoms with Gasteiger partial charge in [0.15, 0.2) is 11.9 Å². The van der Waals surface area contributed by atoms with Gasteiger partial charge >= 0.3 is 5.97 Å². The number of rotatable bonds is 44. The van der Waals surface area contributed by atoms with Gasteiger partial charge in [-0.3, -0.25) is 73.1 Å². The molecule has 0 spiro atoms. The number of nitrogens with two attached hydrogens (primary N) is 4. The zero-order chi connectivity index (χ0) is 83.0. The van der Waals surface area contributed by atoms with Crippen molar-refractivity contribution in [3.63, 3.8) is 0 Å². The second-order valence-electron chi connectivity index (χ2n) is 28.4. The molecular formula is C80H105N19O15. The van der Waals surface area contributed by atoms with E-state index in [-0.39, 0.29) is 89.6 Å². The van der Waals surface area contributed by atoms with Gasteiger partial charge in [-0.2, -0.15) is 0 Å². The van der Waals surface area contributed by atoms with Crippen molar-refractivity contribution in [1.29, 1.82) is 10.8 Å².